The van der Waals surface area contributed by atoms with Gasteiger partial charge in [0.2, 0.25) is 5.91 Å². The van der Waals surface area contributed by atoms with E-state index in [1.54, 1.807) is 7.11 Å². The van der Waals surface area contributed by atoms with E-state index in [4.69, 9.17) is 4.74 Å². The molecule has 0 spiro atoms. The summed E-state index contributed by atoms with van der Waals surface area (Å²) in [5, 5.41) is 13.4. The summed E-state index contributed by atoms with van der Waals surface area (Å²) in [6, 6.07) is 0.421. The highest BCUT2D eigenvalue weighted by atomic mass is 16.5. The molecule has 5 heteroatoms. The first-order valence-electron chi connectivity index (χ1n) is 8.35. The van der Waals surface area contributed by atoms with Gasteiger partial charge in [-0.3, -0.25) is 9.69 Å². The van der Waals surface area contributed by atoms with Gasteiger partial charge in [0.1, 0.15) is 0 Å². The van der Waals surface area contributed by atoms with E-state index in [2.05, 4.69) is 10.2 Å². The van der Waals surface area contributed by atoms with Crippen LogP contribution in [0.2, 0.25) is 0 Å². The fourth-order valence-corrected chi connectivity index (χ4v) is 3.61. The second-order valence-electron chi connectivity index (χ2n) is 6.59. The van der Waals surface area contributed by atoms with Gasteiger partial charge >= 0.3 is 0 Å². The van der Waals surface area contributed by atoms with Crippen molar-refractivity contribution in [1.29, 1.82) is 0 Å². The molecule has 0 aromatic rings. The first-order valence-corrected chi connectivity index (χ1v) is 8.35. The number of ether oxygens (including phenoxy) is 1. The van der Waals surface area contributed by atoms with Crippen molar-refractivity contribution in [3.8, 4) is 0 Å². The molecule has 1 heterocycles. The molecule has 0 aromatic heterocycles. The lowest BCUT2D eigenvalue weighted by atomic mass is 9.82. The van der Waals surface area contributed by atoms with Gasteiger partial charge in [0.05, 0.1) is 18.6 Å². The molecule has 0 bridgehead atoms. The van der Waals surface area contributed by atoms with E-state index in [1.165, 1.54) is 12.8 Å². The zero-order valence-electron chi connectivity index (χ0n) is 13.3. The van der Waals surface area contributed by atoms with Gasteiger partial charge in [0.15, 0.2) is 0 Å². The Bertz CT molecular complexity index is 329. The number of amides is 1. The monoisotopic (exact) mass is 298 g/mol. The van der Waals surface area contributed by atoms with Crippen LogP contribution in [-0.2, 0) is 9.53 Å². The van der Waals surface area contributed by atoms with Gasteiger partial charge < -0.3 is 15.2 Å². The summed E-state index contributed by atoms with van der Waals surface area (Å²) in [6.07, 6.45) is 7.38. The van der Waals surface area contributed by atoms with Crippen LogP contribution in [0.25, 0.3) is 0 Å². The minimum Gasteiger partial charge on any atom is -0.389 e. The summed E-state index contributed by atoms with van der Waals surface area (Å²) in [5.41, 5.74) is -0.756. The quantitative estimate of drug-likeness (QED) is 0.744. The number of carbonyl (C=O) groups excluding carboxylic acids is 1. The summed E-state index contributed by atoms with van der Waals surface area (Å²) in [7, 11) is 1.72. The molecule has 2 N–H and O–H groups in total. The van der Waals surface area contributed by atoms with Gasteiger partial charge in [-0.05, 0) is 32.2 Å². The standard InChI is InChI=1S/C16H30N2O3/c1-21-11-10-18-9-5-6-14(18)13-17-15(19)12-16(20)7-3-2-4-8-16/h14,20H,2-13H2,1H3,(H,17,19). The fourth-order valence-electron chi connectivity index (χ4n) is 3.61. The molecular formula is C16H30N2O3. The second kappa shape index (κ2) is 8.11. The van der Waals surface area contributed by atoms with Crippen LogP contribution in [0.3, 0.4) is 0 Å². The zero-order valence-corrected chi connectivity index (χ0v) is 13.3. The maximum absolute atomic E-state index is 12.1. The highest BCUT2D eigenvalue weighted by Crippen LogP contribution is 2.30. The average molecular weight is 298 g/mol. The van der Waals surface area contributed by atoms with Crippen LogP contribution in [0, 0.1) is 0 Å². The zero-order chi connectivity index (χ0) is 15.1. The first kappa shape index (κ1) is 16.7. The number of hydrogen-bond donors (Lipinski definition) is 2. The predicted molar refractivity (Wildman–Crippen MR) is 82.1 cm³/mol. The third kappa shape index (κ3) is 5.24. The molecule has 2 rings (SSSR count). The number of methoxy groups -OCH3 is 1. The summed E-state index contributed by atoms with van der Waals surface area (Å²) in [6.45, 7) is 3.46. The molecule has 21 heavy (non-hydrogen) atoms. The molecule has 1 unspecified atom stereocenters. The van der Waals surface area contributed by atoms with Crippen molar-refractivity contribution in [3.63, 3.8) is 0 Å². The Hall–Kier alpha value is -0.650. The lowest BCUT2D eigenvalue weighted by molar-refractivity contribution is -0.127. The Labute approximate surface area is 128 Å². The van der Waals surface area contributed by atoms with Crippen LogP contribution in [0.1, 0.15) is 51.4 Å². The Morgan fingerprint density at radius 3 is 2.81 bits per heavy atom. The number of nitrogens with one attached hydrogen (secondary N) is 1. The Morgan fingerprint density at radius 1 is 1.33 bits per heavy atom. The highest BCUT2D eigenvalue weighted by Gasteiger charge is 2.32. The van der Waals surface area contributed by atoms with E-state index in [0.717, 1.165) is 51.8 Å². The van der Waals surface area contributed by atoms with Gasteiger partial charge in [-0.25, -0.2) is 0 Å². The normalized spacial score (nSPS) is 25.9. The topological polar surface area (TPSA) is 61.8 Å². The van der Waals surface area contributed by atoms with E-state index < -0.39 is 5.60 Å². The average Bonchev–Trinajstić information content (AvgIpc) is 2.90. The van der Waals surface area contributed by atoms with Crippen molar-refractivity contribution in [3.05, 3.63) is 0 Å². The number of nitrogens with zero attached hydrogens (tertiary/aromatic N) is 1. The minimum absolute atomic E-state index is 0.00186. The van der Waals surface area contributed by atoms with Gasteiger partial charge in [-0.2, -0.15) is 0 Å². The van der Waals surface area contributed by atoms with E-state index in [-0.39, 0.29) is 12.3 Å². The van der Waals surface area contributed by atoms with Crippen LogP contribution in [-0.4, -0.2) is 60.9 Å². The number of rotatable bonds is 7. The van der Waals surface area contributed by atoms with Gasteiger partial charge in [0, 0.05) is 26.2 Å². The molecule has 0 radical (unpaired) electrons. The van der Waals surface area contributed by atoms with Crippen molar-refractivity contribution in [2.75, 3.05) is 33.4 Å². The summed E-state index contributed by atoms with van der Waals surface area (Å²) in [4.78, 5) is 14.5. The van der Waals surface area contributed by atoms with Gasteiger partial charge in [0.25, 0.3) is 0 Å². The third-order valence-electron chi connectivity index (χ3n) is 4.89. The first-order chi connectivity index (χ1) is 10.1. The number of hydrogen-bond acceptors (Lipinski definition) is 4. The molecule has 2 aliphatic rings. The second-order valence-corrected chi connectivity index (χ2v) is 6.59. The predicted octanol–water partition coefficient (Wildman–Crippen LogP) is 1.30. The van der Waals surface area contributed by atoms with Crippen LogP contribution in [0.4, 0.5) is 0 Å². The Morgan fingerprint density at radius 2 is 2.10 bits per heavy atom. The molecule has 1 amide bonds. The SMILES string of the molecule is COCCN1CCCC1CNC(=O)CC1(O)CCCCC1. The van der Waals surface area contributed by atoms with Crippen LogP contribution in [0.15, 0.2) is 0 Å². The van der Waals surface area contributed by atoms with Gasteiger partial charge in [-0.15, -0.1) is 0 Å². The van der Waals surface area contributed by atoms with Crippen molar-refractivity contribution < 1.29 is 14.6 Å². The third-order valence-corrected chi connectivity index (χ3v) is 4.89. The number of carbonyl (C=O) groups is 1. The molecule has 1 saturated carbocycles. The molecular weight excluding hydrogens is 268 g/mol. The number of aliphatic hydroxyl groups is 1. The van der Waals surface area contributed by atoms with Crippen LogP contribution in [0.5, 0.6) is 0 Å². The Balaban J connectivity index is 1.70. The molecule has 1 aliphatic carbocycles. The van der Waals surface area contributed by atoms with Crippen molar-refractivity contribution in [2.24, 2.45) is 0 Å². The molecule has 1 aliphatic heterocycles. The molecule has 0 aromatic carbocycles. The molecule has 2 fully saturated rings. The maximum atomic E-state index is 12.1. The minimum atomic E-state index is -0.756. The van der Waals surface area contributed by atoms with E-state index in [9.17, 15) is 9.90 Å². The molecule has 1 saturated heterocycles. The molecule has 122 valence electrons. The van der Waals surface area contributed by atoms with Crippen LogP contribution < -0.4 is 5.32 Å². The van der Waals surface area contributed by atoms with Crippen molar-refractivity contribution >= 4 is 5.91 Å². The summed E-state index contributed by atoms with van der Waals surface area (Å²) in [5.74, 6) is -0.00186. The molecule has 1 atom stereocenters. The number of likely N-dealkylation sites (tertiary alicyclic amines) is 1. The van der Waals surface area contributed by atoms with Crippen LogP contribution >= 0.6 is 0 Å². The fraction of sp³-hybridized carbons (Fsp3) is 0.938. The smallest absolute Gasteiger partial charge is 0.222 e. The van der Waals surface area contributed by atoms with E-state index in [0.29, 0.717) is 12.6 Å². The largest absolute Gasteiger partial charge is 0.389 e. The maximum Gasteiger partial charge on any atom is 0.222 e. The lowest BCUT2D eigenvalue weighted by Gasteiger charge is -2.31. The van der Waals surface area contributed by atoms with E-state index in [1.807, 2.05) is 0 Å². The Kier molecular flexibility index (Phi) is 6.45. The molecule has 5 nitrogen and oxygen atoms in total. The highest BCUT2D eigenvalue weighted by molar-refractivity contribution is 5.77. The van der Waals surface area contributed by atoms with Crippen molar-refractivity contribution in [1.82, 2.24) is 10.2 Å². The lowest BCUT2D eigenvalue weighted by Crippen LogP contribution is -2.44. The van der Waals surface area contributed by atoms with Gasteiger partial charge in [-0.1, -0.05) is 19.3 Å². The summed E-state index contributed by atoms with van der Waals surface area (Å²) < 4.78 is 5.13. The van der Waals surface area contributed by atoms with E-state index >= 15 is 0 Å². The summed E-state index contributed by atoms with van der Waals surface area (Å²) >= 11 is 0. The van der Waals surface area contributed by atoms with Crippen molar-refractivity contribution in [2.45, 2.75) is 63.0 Å².